The summed E-state index contributed by atoms with van der Waals surface area (Å²) in [4.78, 5) is 0. The van der Waals surface area contributed by atoms with Crippen molar-refractivity contribution < 1.29 is 25.8 Å². The molecule has 0 aliphatic heterocycles. The van der Waals surface area contributed by atoms with Gasteiger partial charge in [-0.05, 0) is 12.8 Å². The maximum Gasteiger partial charge on any atom is 0.00535 e. The largest absolute Gasteiger partial charge is 0.0764 e. The Bertz CT molecular complexity index is 134. The second kappa shape index (κ2) is 6.09. The quantitative estimate of drug-likeness (QED) is 0.703. The Morgan fingerprint density at radius 3 is 2.70 bits per heavy atom. The number of hydrogen-bond donors (Lipinski definition) is 0. The van der Waals surface area contributed by atoms with Crippen LogP contribution < -0.4 is 0 Å². The van der Waals surface area contributed by atoms with Crippen LogP contribution in [0.4, 0.5) is 0 Å². The molecule has 0 heterocycles. The summed E-state index contributed by atoms with van der Waals surface area (Å²) in [5.74, 6) is 0. The molecule has 0 bridgehead atoms. The molecule has 0 atom stereocenters. The molecule has 0 aromatic rings. The molecular formula is C9H13Hf. The van der Waals surface area contributed by atoms with Crippen molar-refractivity contribution in [2.24, 2.45) is 0 Å². The van der Waals surface area contributed by atoms with Crippen LogP contribution in [0, 0.1) is 6.42 Å². The zero-order chi connectivity index (χ0) is 6.53. The summed E-state index contributed by atoms with van der Waals surface area (Å²) in [6.45, 7) is 2.23. The zero-order valence-electron chi connectivity index (χ0n) is 6.43. The summed E-state index contributed by atoms with van der Waals surface area (Å²) in [6, 6.07) is 0. The Balaban J connectivity index is 0.000000810. The van der Waals surface area contributed by atoms with Gasteiger partial charge in [-0.25, -0.2) is 0 Å². The van der Waals surface area contributed by atoms with E-state index in [1.54, 1.807) is 0 Å². The van der Waals surface area contributed by atoms with E-state index < -0.39 is 0 Å². The van der Waals surface area contributed by atoms with Crippen molar-refractivity contribution in [2.75, 3.05) is 0 Å². The van der Waals surface area contributed by atoms with E-state index in [-0.39, 0.29) is 25.8 Å². The Labute approximate surface area is 82.2 Å². The molecule has 0 nitrogen and oxygen atoms in total. The monoisotopic (exact) mass is 301 g/mol. The van der Waals surface area contributed by atoms with Crippen LogP contribution in [-0.4, -0.2) is 0 Å². The molecule has 1 heteroatoms. The van der Waals surface area contributed by atoms with Gasteiger partial charge in [0.1, 0.15) is 0 Å². The molecular weight excluding hydrogens is 287 g/mol. The van der Waals surface area contributed by atoms with Crippen molar-refractivity contribution in [1.82, 2.24) is 0 Å². The van der Waals surface area contributed by atoms with Crippen LogP contribution in [-0.2, 0) is 25.8 Å². The fourth-order valence-corrected chi connectivity index (χ4v) is 0.961. The molecule has 0 aromatic heterocycles. The SMILES string of the molecule is CCCCC1=C[CH]C=C1.[Hf]. The molecule has 0 N–H and O–H groups in total. The van der Waals surface area contributed by atoms with E-state index in [1.165, 1.54) is 24.8 Å². The van der Waals surface area contributed by atoms with Crippen LogP contribution in [0.25, 0.3) is 0 Å². The molecule has 53 valence electrons. The first-order valence-electron chi connectivity index (χ1n) is 3.64. The summed E-state index contributed by atoms with van der Waals surface area (Å²) in [5.41, 5.74) is 1.48. The van der Waals surface area contributed by atoms with E-state index in [9.17, 15) is 0 Å². The molecule has 0 aromatic carbocycles. The van der Waals surface area contributed by atoms with E-state index in [0.29, 0.717) is 0 Å². The van der Waals surface area contributed by atoms with Gasteiger partial charge in [0.25, 0.3) is 0 Å². The summed E-state index contributed by atoms with van der Waals surface area (Å²) in [5, 5.41) is 0. The van der Waals surface area contributed by atoms with Crippen LogP contribution in [0.5, 0.6) is 0 Å². The van der Waals surface area contributed by atoms with Crippen molar-refractivity contribution in [2.45, 2.75) is 26.2 Å². The van der Waals surface area contributed by atoms with Gasteiger partial charge in [0.05, 0.1) is 0 Å². The third kappa shape index (κ3) is 3.50. The first-order valence-corrected chi connectivity index (χ1v) is 3.64. The Hall–Kier alpha value is 0.350. The minimum atomic E-state index is 0. The fraction of sp³-hybridized carbons (Fsp3) is 0.444. The van der Waals surface area contributed by atoms with Crippen LogP contribution in [0.3, 0.4) is 0 Å². The molecule has 1 aliphatic rings. The third-order valence-corrected chi connectivity index (χ3v) is 1.55. The summed E-state index contributed by atoms with van der Waals surface area (Å²) < 4.78 is 0. The molecule has 1 rings (SSSR count). The first-order chi connectivity index (χ1) is 4.43. The minimum absolute atomic E-state index is 0. The normalized spacial score (nSPS) is 14.7. The van der Waals surface area contributed by atoms with Crippen LogP contribution in [0.15, 0.2) is 23.8 Å². The molecule has 0 unspecified atom stereocenters. The van der Waals surface area contributed by atoms with E-state index in [0.717, 1.165) is 0 Å². The molecule has 0 saturated heterocycles. The van der Waals surface area contributed by atoms with Crippen LogP contribution in [0.1, 0.15) is 26.2 Å². The Kier molecular flexibility index (Phi) is 6.30. The van der Waals surface area contributed by atoms with Gasteiger partial charge in [0.2, 0.25) is 0 Å². The van der Waals surface area contributed by atoms with Crippen molar-refractivity contribution in [3.05, 3.63) is 30.2 Å². The number of allylic oxidation sites excluding steroid dienone is 4. The molecule has 1 aliphatic carbocycles. The third-order valence-electron chi connectivity index (χ3n) is 1.55. The average molecular weight is 300 g/mol. The van der Waals surface area contributed by atoms with E-state index >= 15 is 0 Å². The van der Waals surface area contributed by atoms with Gasteiger partial charge in [-0.3, -0.25) is 0 Å². The van der Waals surface area contributed by atoms with Crippen molar-refractivity contribution in [3.8, 4) is 0 Å². The molecule has 10 heavy (non-hydrogen) atoms. The van der Waals surface area contributed by atoms with E-state index in [2.05, 4.69) is 31.6 Å². The topological polar surface area (TPSA) is 0 Å². The molecule has 0 saturated carbocycles. The second-order valence-electron chi connectivity index (χ2n) is 2.40. The second-order valence-corrected chi connectivity index (χ2v) is 2.40. The predicted molar refractivity (Wildman–Crippen MR) is 41.0 cm³/mol. The molecule has 0 fully saturated rings. The zero-order valence-corrected chi connectivity index (χ0v) is 10.0. The Morgan fingerprint density at radius 2 is 2.20 bits per heavy atom. The fourth-order valence-electron chi connectivity index (χ4n) is 0.961. The summed E-state index contributed by atoms with van der Waals surface area (Å²) >= 11 is 0. The van der Waals surface area contributed by atoms with Crippen molar-refractivity contribution in [1.29, 1.82) is 0 Å². The molecule has 0 amide bonds. The molecule has 0 spiro atoms. The maximum absolute atomic E-state index is 2.23. The smallest absolute Gasteiger partial charge is 0.00535 e. The Morgan fingerprint density at radius 1 is 1.40 bits per heavy atom. The van der Waals surface area contributed by atoms with Crippen LogP contribution in [0.2, 0.25) is 0 Å². The minimum Gasteiger partial charge on any atom is -0.0764 e. The van der Waals surface area contributed by atoms with E-state index in [4.69, 9.17) is 0 Å². The van der Waals surface area contributed by atoms with Gasteiger partial charge in [0.15, 0.2) is 0 Å². The van der Waals surface area contributed by atoms with E-state index in [1.807, 2.05) is 0 Å². The summed E-state index contributed by atoms with van der Waals surface area (Å²) in [6.07, 6.45) is 12.5. The van der Waals surface area contributed by atoms with Gasteiger partial charge in [-0.1, -0.05) is 37.1 Å². The van der Waals surface area contributed by atoms with Gasteiger partial charge in [-0.15, -0.1) is 0 Å². The summed E-state index contributed by atoms with van der Waals surface area (Å²) in [7, 11) is 0. The number of unbranched alkanes of at least 4 members (excludes halogenated alkanes) is 1. The van der Waals surface area contributed by atoms with Crippen molar-refractivity contribution in [3.63, 3.8) is 0 Å². The number of hydrogen-bond acceptors (Lipinski definition) is 0. The first kappa shape index (κ1) is 10.4. The van der Waals surface area contributed by atoms with Gasteiger partial charge >= 0.3 is 0 Å². The standard InChI is InChI=1S/C9H13.Hf/c1-2-3-6-9-7-4-5-8-9;/h4-5,7-8H,2-3,6H2,1H3;. The predicted octanol–water partition coefficient (Wildman–Crippen LogP) is 2.87. The van der Waals surface area contributed by atoms with Gasteiger partial charge in [0, 0.05) is 32.3 Å². The maximum atomic E-state index is 2.23. The molecule has 1 radical (unpaired) electrons. The number of rotatable bonds is 3. The van der Waals surface area contributed by atoms with Crippen LogP contribution >= 0.6 is 0 Å². The van der Waals surface area contributed by atoms with Crippen molar-refractivity contribution >= 4 is 0 Å². The average Bonchev–Trinajstić information content (AvgIpc) is 2.34. The van der Waals surface area contributed by atoms with Gasteiger partial charge < -0.3 is 0 Å². The van der Waals surface area contributed by atoms with Gasteiger partial charge in [-0.2, -0.15) is 0 Å².